The van der Waals surface area contributed by atoms with Gasteiger partial charge in [0.15, 0.2) is 0 Å². The van der Waals surface area contributed by atoms with Crippen molar-refractivity contribution in [3.8, 4) is 5.75 Å². The lowest BCUT2D eigenvalue weighted by molar-refractivity contribution is -0.146. The summed E-state index contributed by atoms with van der Waals surface area (Å²) in [6.45, 7) is 4.99. The Kier molecular flexibility index (Phi) is 3.89. The summed E-state index contributed by atoms with van der Waals surface area (Å²) in [7, 11) is 0. The Morgan fingerprint density at radius 1 is 1.48 bits per heavy atom. The monoisotopic (exact) mass is 295 g/mol. The lowest BCUT2D eigenvalue weighted by Gasteiger charge is -2.38. The molecule has 0 spiro atoms. The van der Waals surface area contributed by atoms with Gasteiger partial charge in [-0.05, 0) is 26.8 Å². The molecule has 1 aliphatic rings. The topological polar surface area (TPSA) is 75.6 Å². The van der Waals surface area contributed by atoms with E-state index in [1.165, 1.54) is 19.1 Å². The number of carboxylic acids is 1. The van der Waals surface area contributed by atoms with Gasteiger partial charge in [-0.15, -0.1) is 0 Å². The van der Waals surface area contributed by atoms with Gasteiger partial charge in [-0.3, -0.25) is 9.59 Å². The number of halogens is 1. The average molecular weight is 295 g/mol. The highest BCUT2D eigenvalue weighted by Gasteiger charge is 2.36. The van der Waals surface area contributed by atoms with Crippen molar-refractivity contribution in [1.29, 1.82) is 0 Å². The van der Waals surface area contributed by atoms with Crippen LogP contribution in [0.4, 0.5) is 4.39 Å². The van der Waals surface area contributed by atoms with Crippen molar-refractivity contribution in [2.45, 2.75) is 38.8 Å². The van der Waals surface area contributed by atoms with Gasteiger partial charge < -0.3 is 15.2 Å². The highest BCUT2D eigenvalue weighted by Crippen LogP contribution is 2.39. The lowest BCUT2D eigenvalue weighted by atomic mass is 9.89. The van der Waals surface area contributed by atoms with Crippen LogP contribution in [-0.4, -0.2) is 22.6 Å². The summed E-state index contributed by atoms with van der Waals surface area (Å²) < 4.78 is 19.0. The summed E-state index contributed by atoms with van der Waals surface area (Å²) in [5, 5.41) is 11.6. The van der Waals surface area contributed by atoms with Gasteiger partial charge in [0.05, 0.1) is 6.04 Å². The summed E-state index contributed by atoms with van der Waals surface area (Å²) in [5.74, 6) is -2.94. The number of carboxylic acid groups (broad SMARTS) is 1. The Bertz CT molecular complexity index is 585. The van der Waals surface area contributed by atoms with E-state index in [-0.39, 0.29) is 0 Å². The first-order valence-electron chi connectivity index (χ1n) is 6.71. The molecule has 1 aliphatic heterocycles. The van der Waals surface area contributed by atoms with Crippen LogP contribution in [0.5, 0.6) is 5.75 Å². The lowest BCUT2D eigenvalue weighted by Crippen LogP contribution is -2.43. The standard InChI is InChI=1S/C15H18FNO4/c1-8(14(19)20)13(18)17-11-7-15(2,3)21-12-6-9(16)4-5-10(11)12/h4-6,8,11H,7H2,1-3H3,(H,17,18)(H,19,20). The molecular weight excluding hydrogens is 277 g/mol. The Morgan fingerprint density at radius 3 is 2.76 bits per heavy atom. The van der Waals surface area contributed by atoms with Gasteiger partial charge in [0.2, 0.25) is 5.91 Å². The molecule has 0 aliphatic carbocycles. The van der Waals surface area contributed by atoms with Crippen LogP contribution < -0.4 is 10.1 Å². The van der Waals surface area contributed by atoms with Crippen LogP contribution in [0, 0.1) is 11.7 Å². The van der Waals surface area contributed by atoms with Crippen molar-refractivity contribution in [1.82, 2.24) is 5.32 Å². The first-order chi connectivity index (χ1) is 9.69. The van der Waals surface area contributed by atoms with Crippen molar-refractivity contribution < 1.29 is 23.8 Å². The number of carbonyl (C=O) groups is 2. The maximum atomic E-state index is 13.3. The smallest absolute Gasteiger partial charge is 0.315 e. The molecule has 1 amide bonds. The molecule has 0 bridgehead atoms. The number of ether oxygens (including phenoxy) is 1. The van der Waals surface area contributed by atoms with Crippen LogP contribution in [0.25, 0.3) is 0 Å². The second-order valence-corrected chi connectivity index (χ2v) is 5.87. The number of aliphatic carboxylic acids is 1. The summed E-state index contributed by atoms with van der Waals surface area (Å²) in [6, 6.07) is 3.71. The number of rotatable bonds is 3. The highest BCUT2D eigenvalue weighted by molar-refractivity contribution is 5.96. The Labute approximate surface area is 122 Å². The van der Waals surface area contributed by atoms with Gasteiger partial charge >= 0.3 is 5.97 Å². The fourth-order valence-electron chi connectivity index (χ4n) is 2.36. The third-order valence-corrected chi connectivity index (χ3v) is 3.51. The van der Waals surface area contributed by atoms with Crippen LogP contribution in [-0.2, 0) is 9.59 Å². The van der Waals surface area contributed by atoms with Gasteiger partial charge in [-0.1, -0.05) is 6.07 Å². The van der Waals surface area contributed by atoms with Crippen molar-refractivity contribution >= 4 is 11.9 Å². The van der Waals surface area contributed by atoms with Crippen LogP contribution in [0.15, 0.2) is 18.2 Å². The van der Waals surface area contributed by atoms with Crippen LogP contribution in [0.3, 0.4) is 0 Å². The molecule has 1 aromatic carbocycles. The molecule has 2 atom stereocenters. The third-order valence-electron chi connectivity index (χ3n) is 3.51. The summed E-state index contributed by atoms with van der Waals surface area (Å²) >= 11 is 0. The summed E-state index contributed by atoms with van der Waals surface area (Å²) in [4.78, 5) is 22.8. The molecule has 1 heterocycles. The van der Waals surface area contributed by atoms with E-state index in [1.54, 1.807) is 6.07 Å². The van der Waals surface area contributed by atoms with E-state index in [1.807, 2.05) is 13.8 Å². The van der Waals surface area contributed by atoms with Crippen LogP contribution in [0.1, 0.15) is 38.8 Å². The maximum Gasteiger partial charge on any atom is 0.315 e. The quantitative estimate of drug-likeness (QED) is 0.839. The molecule has 2 N–H and O–H groups in total. The van der Waals surface area contributed by atoms with Crippen molar-refractivity contribution in [2.75, 3.05) is 0 Å². The molecule has 0 aromatic heterocycles. The number of amides is 1. The van der Waals surface area contributed by atoms with Gasteiger partial charge in [0.1, 0.15) is 23.1 Å². The van der Waals surface area contributed by atoms with E-state index in [2.05, 4.69) is 5.32 Å². The largest absolute Gasteiger partial charge is 0.487 e. The Balaban J connectivity index is 2.28. The predicted octanol–water partition coefficient (Wildman–Crippen LogP) is 2.26. The molecule has 0 saturated carbocycles. The van der Waals surface area contributed by atoms with E-state index in [0.29, 0.717) is 17.7 Å². The molecule has 6 heteroatoms. The van der Waals surface area contributed by atoms with E-state index < -0.39 is 35.3 Å². The predicted molar refractivity (Wildman–Crippen MR) is 73.4 cm³/mol. The van der Waals surface area contributed by atoms with E-state index in [4.69, 9.17) is 9.84 Å². The van der Waals surface area contributed by atoms with Gasteiger partial charge in [0, 0.05) is 18.1 Å². The summed E-state index contributed by atoms with van der Waals surface area (Å²) in [5.41, 5.74) is 0.0761. The molecule has 0 radical (unpaired) electrons. The number of benzene rings is 1. The first-order valence-corrected chi connectivity index (χ1v) is 6.71. The summed E-state index contributed by atoms with van der Waals surface area (Å²) in [6.07, 6.45) is 0.476. The molecule has 21 heavy (non-hydrogen) atoms. The number of fused-ring (bicyclic) bond motifs is 1. The molecule has 0 saturated heterocycles. The van der Waals surface area contributed by atoms with Crippen molar-refractivity contribution in [3.05, 3.63) is 29.6 Å². The molecule has 5 nitrogen and oxygen atoms in total. The van der Waals surface area contributed by atoms with Crippen LogP contribution in [0.2, 0.25) is 0 Å². The SMILES string of the molecule is CC(C(=O)O)C(=O)NC1CC(C)(C)Oc2cc(F)ccc21. The van der Waals surface area contributed by atoms with Gasteiger partial charge in [-0.2, -0.15) is 0 Å². The number of hydrogen-bond donors (Lipinski definition) is 2. The molecule has 0 fully saturated rings. The van der Waals surface area contributed by atoms with Gasteiger partial charge in [0.25, 0.3) is 0 Å². The van der Waals surface area contributed by atoms with Crippen molar-refractivity contribution in [2.24, 2.45) is 5.92 Å². The Morgan fingerprint density at radius 2 is 2.14 bits per heavy atom. The van der Waals surface area contributed by atoms with E-state index >= 15 is 0 Å². The highest BCUT2D eigenvalue weighted by atomic mass is 19.1. The number of hydrogen-bond acceptors (Lipinski definition) is 3. The first kappa shape index (κ1) is 15.3. The molecular formula is C15H18FNO4. The Hall–Kier alpha value is -2.11. The zero-order valence-corrected chi connectivity index (χ0v) is 12.1. The molecule has 2 rings (SSSR count). The van der Waals surface area contributed by atoms with Crippen molar-refractivity contribution in [3.63, 3.8) is 0 Å². The minimum absolute atomic E-state index is 0.375. The molecule has 114 valence electrons. The third kappa shape index (κ3) is 3.32. The second kappa shape index (κ2) is 5.35. The number of carbonyl (C=O) groups excluding carboxylic acids is 1. The minimum Gasteiger partial charge on any atom is -0.487 e. The fourth-order valence-corrected chi connectivity index (χ4v) is 2.36. The molecule has 1 aromatic rings. The normalized spacial score (nSPS) is 20.9. The van der Waals surface area contributed by atoms with Gasteiger partial charge in [-0.25, -0.2) is 4.39 Å². The maximum absolute atomic E-state index is 13.3. The van der Waals surface area contributed by atoms with E-state index in [0.717, 1.165) is 0 Å². The number of nitrogens with one attached hydrogen (secondary N) is 1. The second-order valence-electron chi connectivity index (χ2n) is 5.87. The van der Waals surface area contributed by atoms with E-state index in [9.17, 15) is 14.0 Å². The minimum atomic E-state index is -1.18. The fraction of sp³-hybridized carbons (Fsp3) is 0.467. The molecule has 2 unspecified atom stereocenters. The zero-order chi connectivity index (χ0) is 15.8. The van der Waals surface area contributed by atoms with Crippen LogP contribution >= 0.6 is 0 Å². The zero-order valence-electron chi connectivity index (χ0n) is 12.1. The average Bonchev–Trinajstić information content (AvgIpc) is 2.35.